The van der Waals surface area contributed by atoms with Crippen LogP contribution >= 0.6 is 0 Å². The van der Waals surface area contributed by atoms with E-state index in [-0.39, 0.29) is 0 Å². The molecule has 2 rings (SSSR count). The molecule has 0 amide bonds. The number of nitrogens with zero attached hydrogens (tertiary/aromatic N) is 4. The third kappa shape index (κ3) is 2.13. The van der Waals surface area contributed by atoms with Gasteiger partial charge in [-0.05, 0) is 12.1 Å². The minimum absolute atomic E-state index is 0.406. The molecule has 0 aliphatic heterocycles. The highest BCUT2D eigenvalue weighted by Crippen LogP contribution is 2.20. The lowest BCUT2D eigenvalue weighted by Crippen LogP contribution is -2.06. The predicted octanol–water partition coefficient (Wildman–Crippen LogP) is 1.38. The number of hydrogen-bond acceptors (Lipinski definition) is 5. The molecule has 0 fully saturated rings. The fraction of sp³-hybridized carbons (Fsp3) is 0.417. The Labute approximate surface area is 106 Å². The lowest BCUT2D eigenvalue weighted by atomic mass is 10.4. The maximum Gasteiger partial charge on any atom is 0.238 e. The molecule has 6 heteroatoms. The van der Waals surface area contributed by atoms with E-state index in [4.69, 9.17) is 10.5 Å². The van der Waals surface area contributed by atoms with Crippen LogP contribution in [-0.4, -0.2) is 26.9 Å². The molecular weight excluding hydrogens is 230 g/mol. The van der Waals surface area contributed by atoms with Crippen LogP contribution in [0.1, 0.15) is 25.5 Å². The summed E-state index contributed by atoms with van der Waals surface area (Å²) in [6, 6.07) is 3.57. The van der Waals surface area contributed by atoms with Crippen molar-refractivity contribution in [3.05, 3.63) is 23.8 Å². The van der Waals surface area contributed by atoms with Gasteiger partial charge in [0.15, 0.2) is 11.6 Å². The predicted molar refractivity (Wildman–Crippen MR) is 68.9 cm³/mol. The molecule has 6 nitrogen and oxygen atoms in total. The van der Waals surface area contributed by atoms with Gasteiger partial charge in [-0.2, -0.15) is 9.67 Å². The van der Waals surface area contributed by atoms with E-state index in [0.29, 0.717) is 17.4 Å². The van der Waals surface area contributed by atoms with Crippen LogP contribution in [0.3, 0.4) is 0 Å². The van der Waals surface area contributed by atoms with Gasteiger partial charge in [0.1, 0.15) is 5.82 Å². The number of methoxy groups -OCH3 is 1. The van der Waals surface area contributed by atoms with Crippen molar-refractivity contribution in [2.75, 3.05) is 12.8 Å². The van der Waals surface area contributed by atoms with Crippen LogP contribution in [-0.2, 0) is 12.8 Å². The molecule has 2 N–H and O–H groups in total. The van der Waals surface area contributed by atoms with Crippen LogP contribution in [0.2, 0.25) is 0 Å². The van der Waals surface area contributed by atoms with E-state index >= 15 is 0 Å². The van der Waals surface area contributed by atoms with Gasteiger partial charge in [-0.15, -0.1) is 5.10 Å². The summed E-state index contributed by atoms with van der Waals surface area (Å²) in [5, 5.41) is 4.42. The number of rotatable bonds is 4. The highest BCUT2D eigenvalue weighted by molar-refractivity contribution is 5.50. The number of pyridine rings is 1. The smallest absolute Gasteiger partial charge is 0.238 e. The Bertz CT molecular complexity index is 549. The summed E-state index contributed by atoms with van der Waals surface area (Å²) < 4.78 is 6.85. The van der Waals surface area contributed by atoms with Crippen molar-refractivity contribution in [2.24, 2.45) is 0 Å². The summed E-state index contributed by atoms with van der Waals surface area (Å²) in [4.78, 5) is 8.77. The first-order chi connectivity index (χ1) is 8.69. The molecule has 2 aromatic rings. The van der Waals surface area contributed by atoms with Crippen molar-refractivity contribution in [3.63, 3.8) is 0 Å². The molecule has 0 aliphatic carbocycles. The summed E-state index contributed by atoms with van der Waals surface area (Å²) in [5.74, 6) is 2.77. The highest BCUT2D eigenvalue weighted by atomic mass is 16.5. The van der Waals surface area contributed by atoms with Crippen molar-refractivity contribution in [2.45, 2.75) is 26.7 Å². The molecule has 0 bridgehead atoms. The monoisotopic (exact) mass is 247 g/mol. The Kier molecular flexibility index (Phi) is 3.45. The maximum atomic E-state index is 5.75. The minimum atomic E-state index is 0.406. The van der Waals surface area contributed by atoms with Crippen LogP contribution in [0.15, 0.2) is 12.1 Å². The zero-order chi connectivity index (χ0) is 13.1. The number of aryl methyl sites for hydroxylation is 2. The quantitative estimate of drug-likeness (QED) is 0.883. The molecule has 0 atom stereocenters. The van der Waals surface area contributed by atoms with Crippen molar-refractivity contribution in [1.29, 1.82) is 0 Å². The molecular formula is C12H17N5O. The Morgan fingerprint density at radius 1 is 1.22 bits per heavy atom. The molecule has 96 valence electrons. The topological polar surface area (TPSA) is 78.9 Å². The van der Waals surface area contributed by atoms with Crippen molar-refractivity contribution in [1.82, 2.24) is 19.7 Å². The van der Waals surface area contributed by atoms with E-state index in [1.165, 1.54) is 0 Å². The molecule has 2 heterocycles. The third-order valence-corrected chi connectivity index (χ3v) is 2.64. The molecule has 2 aromatic heterocycles. The first kappa shape index (κ1) is 12.3. The highest BCUT2D eigenvalue weighted by Gasteiger charge is 2.11. The average molecular weight is 247 g/mol. The zero-order valence-electron chi connectivity index (χ0n) is 10.8. The lowest BCUT2D eigenvalue weighted by Gasteiger charge is -2.07. The Morgan fingerprint density at radius 2 is 2.00 bits per heavy atom. The van der Waals surface area contributed by atoms with Gasteiger partial charge in [0.25, 0.3) is 0 Å². The molecule has 0 radical (unpaired) electrons. The van der Waals surface area contributed by atoms with E-state index in [0.717, 1.165) is 24.5 Å². The second-order valence-electron chi connectivity index (χ2n) is 3.83. The molecule has 0 aliphatic rings. The summed E-state index contributed by atoms with van der Waals surface area (Å²) in [5.41, 5.74) is 6.26. The van der Waals surface area contributed by atoms with Gasteiger partial charge in [-0.1, -0.05) is 13.8 Å². The van der Waals surface area contributed by atoms with E-state index in [1.54, 1.807) is 17.9 Å². The zero-order valence-corrected chi connectivity index (χ0v) is 10.8. The van der Waals surface area contributed by atoms with Gasteiger partial charge in [-0.3, -0.25) is 0 Å². The largest absolute Gasteiger partial charge is 0.479 e. The van der Waals surface area contributed by atoms with Crippen LogP contribution in [0.5, 0.6) is 5.88 Å². The molecule has 0 saturated heterocycles. The fourth-order valence-electron chi connectivity index (χ4n) is 1.68. The molecule has 0 aromatic carbocycles. The van der Waals surface area contributed by atoms with Gasteiger partial charge in [0.05, 0.1) is 12.8 Å². The Balaban J connectivity index is 2.50. The molecule has 0 unspecified atom stereocenters. The number of ether oxygens (including phenoxy) is 1. The van der Waals surface area contributed by atoms with Crippen LogP contribution < -0.4 is 10.5 Å². The van der Waals surface area contributed by atoms with E-state index in [1.807, 2.05) is 19.9 Å². The van der Waals surface area contributed by atoms with Crippen molar-refractivity contribution < 1.29 is 4.74 Å². The summed E-state index contributed by atoms with van der Waals surface area (Å²) in [6.45, 7) is 4.06. The van der Waals surface area contributed by atoms with Gasteiger partial charge in [0, 0.05) is 12.8 Å². The second-order valence-corrected chi connectivity index (χ2v) is 3.83. The van der Waals surface area contributed by atoms with Crippen LogP contribution in [0.4, 0.5) is 5.69 Å². The van der Waals surface area contributed by atoms with Gasteiger partial charge >= 0.3 is 0 Å². The number of nitrogen functional groups attached to an aromatic ring is 1. The first-order valence-corrected chi connectivity index (χ1v) is 5.95. The van der Waals surface area contributed by atoms with E-state index in [2.05, 4.69) is 15.1 Å². The molecule has 18 heavy (non-hydrogen) atoms. The molecule has 0 spiro atoms. The Morgan fingerprint density at radius 3 is 2.61 bits per heavy atom. The van der Waals surface area contributed by atoms with Crippen LogP contribution in [0, 0.1) is 0 Å². The fourth-order valence-corrected chi connectivity index (χ4v) is 1.68. The lowest BCUT2D eigenvalue weighted by molar-refractivity contribution is 0.399. The first-order valence-electron chi connectivity index (χ1n) is 5.95. The number of hydrogen-bond donors (Lipinski definition) is 1. The standard InChI is InChI=1S/C12H17N5O/c1-4-9-14-10(5-2)17(16-9)11-7-6-8(13)12(15-11)18-3/h6-7H,4-5,13H2,1-3H3. The average Bonchev–Trinajstić information content (AvgIpc) is 2.82. The van der Waals surface area contributed by atoms with Crippen LogP contribution in [0.25, 0.3) is 5.82 Å². The van der Waals surface area contributed by atoms with Gasteiger partial charge < -0.3 is 10.5 Å². The van der Waals surface area contributed by atoms with Gasteiger partial charge in [-0.25, -0.2) is 4.98 Å². The van der Waals surface area contributed by atoms with Gasteiger partial charge in [0.2, 0.25) is 5.88 Å². The maximum absolute atomic E-state index is 5.75. The number of anilines is 1. The Hall–Kier alpha value is -2.11. The normalized spacial score (nSPS) is 10.6. The minimum Gasteiger partial charge on any atom is -0.479 e. The SMILES string of the molecule is CCc1nc(CC)n(-c2ccc(N)c(OC)n2)n1. The molecule has 0 saturated carbocycles. The van der Waals surface area contributed by atoms with E-state index in [9.17, 15) is 0 Å². The summed E-state index contributed by atoms with van der Waals surface area (Å²) >= 11 is 0. The third-order valence-electron chi connectivity index (χ3n) is 2.64. The summed E-state index contributed by atoms with van der Waals surface area (Å²) in [6.07, 6.45) is 1.59. The number of nitrogens with two attached hydrogens (primary N) is 1. The number of aromatic nitrogens is 4. The second kappa shape index (κ2) is 5.03. The van der Waals surface area contributed by atoms with Crippen molar-refractivity contribution in [3.8, 4) is 11.7 Å². The van der Waals surface area contributed by atoms with E-state index < -0.39 is 0 Å². The van der Waals surface area contributed by atoms with Crippen molar-refractivity contribution >= 4 is 5.69 Å². The summed E-state index contributed by atoms with van der Waals surface area (Å²) in [7, 11) is 1.54.